The number of hydrogen-bond donors (Lipinski definition) is 2. The zero-order valence-electron chi connectivity index (χ0n) is 9.54. The Kier molecular flexibility index (Phi) is 3.26. The molecule has 0 spiro atoms. The average molecular weight is 223 g/mol. The third-order valence-electron chi connectivity index (χ3n) is 3.50. The Morgan fingerprint density at radius 2 is 2.31 bits per heavy atom. The summed E-state index contributed by atoms with van der Waals surface area (Å²) in [7, 11) is 0. The fourth-order valence-corrected chi connectivity index (χ4v) is 2.37. The summed E-state index contributed by atoms with van der Waals surface area (Å²) in [6.07, 6.45) is 2.05. The summed E-state index contributed by atoms with van der Waals surface area (Å²) in [4.78, 5) is 0. The van der Waals surface area contributed by atoms with Gasteiger partial charge in [-0.15, -0.1) is 0 Å². The van der Waals surface area contributed by atoms with Gasteiger partial charge in [-0.2, -0.15) is 0 Å². The first-order valence-corrected chi connectivity index (χ1v) is 5.80. The number of benzene rings is 1. The first-order chi connectivity index (χ1) is 7.60. The molecule has 0 amide bonds. The lowest BCUT2D eigenvalue weighted by Crippen LogP contribution is -2.42. The van der Waals surface area contributed by atoms with Crippen molar-refractivity contribution in [3.05, 3.63) is 35.6 Å². The number of piperidine rings is 1. The SMILES string of the molecule is CC(O)(c1cccc(F)c1)C1CCCNC1. The number of halogens is 1. The van der Waals surface area contributed by atoms with Crippen LogP contribution in [0.15, 0.2) is 24.3 Å². The topological polar surface area (TPSA) is 32.3 Å². The Hall–Kier alpha value is -0.930. The van der Waals surface area contributed by atoms with Crippen LogP contribution >= 0.6 is 0 Å². The van der Waals surface area contributed by atoms with Gasteiger partial charge in [-0.3, -0.25) is 0 Å². The van der Waals surface area contributed by atoms with Crippen molar-refractivity contribution >= 4 is 0 Å². The van der Waals surface area contributed by atoms with Crippen LogP contribution in [-0.2, 0) is 5.60 Å². The standard InChI is InChI=1S/C13H18FNO/c1-13(16,11-5-3-7-15-9-11)10-4-2-6-12(14)8-10/h2,4,6,8,11,15-16H,3,5,7,9H2,1H3. The van der Waals surface area contributed by atoms with E-state index in [1.165, 1.54) is 12.1 Å². The Morgan fingerprint density at radius 1 is 1.50 bits per heavy atom. The maximum atomic E-state index is 13.1. The Bertz CT molecular complexity index is 359. The summed E-state index contributed by atoms with van der Waals surface area (Å²) in [5.41, 5.74) is -0.281. The van der Waals surface area contributed by atoms with Crippen LogP contribution in [0.2, 0.25) is 0 Å². The number of rotatable bonds is 2. The van der Waals surface area contributed by atoms with Crippen molar-refractivity contribution in [2.24, 2.45) is 5.92 Å². The molecule has 88 valence electrons. The van der Waals surface area contributed by atoms with Crippen molar-refractivity contribution in [2.75, 3.05) is 13.1 Å². The minimum absolute atomic E-state index is 0.156. The fraction of sp³-hybridized carbons (Fsp3) is 0.538. The molecule has 1 heterocycles. The second-order valence-corrected chi connectivity index (χ2v) is 4.70. The van der Waals surface area contributed by atoms with E-state index in [-0.39, 0.29) is 11.7 Å². The van der Waals surface area contributed by atoms with Gasteiger partial charge in [-0.1, -0.05) is 12.1 Å². The van der Waals surface area contributed by atoms with Gasteiger partial charge in [0.2, 0.25) is 0 Å². The highest BCUT2D eigenvalue weighted by Crippen LogP contribution is 2.33. The molecule has 1 aromatic rings. The maximum Gasteiger partial charge on any atom is 0.123 e. The van der Waals surface area contributed by atoms with Crippen molar-refractivity contribution < 1.29 is 9.50 Å². The summed E-state index contributed by atoms with van der Waals surface area (Å²) >= 11 is 0. The summed E-state index contributed by atoms with van der Waals surface area (Å²) in [6.45, 7) is 3.58. The highest BCUT2D eigenvalue weighted by molar-refractivity contribution is 5.23. The van der Waals surface area contributed by atoms with Gasteiger partial charge in [0.1, 0.15) is 5.82 Å². The van der Waals surface area contributed by atoms with Gasteiger partial charge in [0.25, 0.3) is 0 Å². The third kappa shape index (κ3) is 2.25. The molecule has 1 saturated heterocycles. The van der Waals surface area contributed by atoms with Crippen LogP contribution in [0.5, 0.6) is 0 Å². The van der Waals surface area contributed by atoms with E-state index in [1.807, 2.05) is 0 Å². The normalized spacial score (nSPS) is 25.1. The summed E-state index contributed by atoms with van der Waals surface area (Å²) in [5.74, 6) is -0.135. The minimum Gasteiger partial charge on any atom is -0.385 e. The zero-order valence-corrected chi connectivity index (χ0v) is 9.54. The molecule has 1 aliphatic rings. The van der Waals surface area contributed by atoms with Crippen molar-refractivity contribution in [1.29, 1.82) is 0 Å². The van der Waals surface area contributed by atoms with Crippen LogP contribution in [0, 0.1) is 11.7 Å². The van der Waals surface area contributed by atoms with E-state index < -0.39 is 5.60 Å². The summed E-state index contributed by atoms with van der Waals surface area (Å²) < 4.78 is 13.1. The monoisotopic (exact) mass is 223 g/mol. The molecule has 2 nitrogen and oxygen atoms in total. The summed E-state index contributed by atoms with van der Waals surface area (Å²) in [6, 6.07) is 6.26. The second-order valence-electron chi connectivity index (χ2n) is 4.70. The maximum absolute atomic E-state index is 13.1. The molecule has 0 aliphatic carbocycles. The van der Waals surface area contributed by atoms with E-state index in [9.17, 15) is 9.50 Å². The molecule has 0 aromatic heterocycles. The van der Waals surface area contributed by atoms with Crippen LogP contribution < -0.4 is 5.32 Å². The van der Waals surface area contributed by atoms with Crippen LogP contribution in [0.4, 0.5) is 4.39 Å². The smallest absolute Gasteiger partial charge is 0.123 e. The molecular formula is C13H18FNO. The number of hydrogen-bond acceptors (Lipinski definition) is 2. The lowest BCUT2D eigenvalue weighted by atomic mass is 9.79. The van der Waals surface area contributed by atoms with Crippen LogP contribution in [0.3, 0.4) is 0 Å². The van der Waals surface area contributed by atoms with Crippen LogP contribution in [0.1, 0.15) is 25.3 Å². The molecule has 2 N–H and O–H groups in total. The van der Waals surface area contributed by atoms with Crippen LogP contribution in [0.25, 0.3) is 0 Å². The molecule has 3 heteroatoms. The molecule has 1 aromatic carbocycles. The van der Waals surface area contributed by atoms with Crippen molar-refractivity contribution in [2.45, 2.75) is 25.4 Å². The Balaban J connectivity index is 2.22. The molecule has 0 radical (unpaired) electrons. The van der Waals surface area contributed by atoms with E-state index >= 15 is 0 Å². The Labute approximate surface area is 95.5 Å². The Morgan fingerprint density at radius 3 is 2.94 bits per heavy atom. The van der Waals surface area contributed by atoms with Gasteiger partial charge in [-0.25, -0.2) is 4.39 Å². The van der Waals surface area contributed by atoms with Crippen molar-refractivity contribution in [1.82, 2.24) is 5.32 Å². The fourth-order valence-electron chi connectivity index (χ4n) is 2.37. The predicted molar refractivity (Wildman–Crippen MR) is 61.6 cm³/mol. The van der Waals surface area contributed by atoms with Gasteiger partial charge in [0.05, 0.1) is 5.60 Å². The van der Waals surface area contributed by atoms with Gasteiger partial charge in [-0.05, 0) is 44.0 Å². The third-order valence-corrected chi connectivity index (χ3v) is 3.50. The van der Waals surface area contributed by atoms with E-state index in [0.717, 1.165) is 25.9 Å². The zero-order chi connectivity index (χ0) is 11.6. The van der Waals surface area contributed by atoms with E-state index in [0.29, 0.717) is 5.56 Å². The van der Waals surface area contributed by atoms with Gasteiger partial charge >= 0.3 is 0 Å². The highest BCUT2D eigenvalue weighted by Gasteiger charge is 2.34. The highest BCUT2D eigenvalue weighted by atomic mass is 19.1. The number of nitrogens with one attached hydrogen (secondary N) is 1. The second kappa shape index (κ2) is 4.52. The van der Waals surface area contributed by atoms with E-state index in [1.54, 1.807) is 19.1 Å². The van der Waals surface area contributed by atoms with Gasteiger partial charge in [0.15, 0.2) is 0 Å². The minimum atomic E-state index is -0.949. The molecule has 16 heavy (non-hydrogen) atoms. The van der Waals surface area contributed by atoms with E-state index in [2.05, 4.69) is 5.32 Å². The first kappa shape index (κ1) is 11.6. The molecule has 2 rings (SSSR count). The summed E-state index contributed by atoms with van der Waals surface area (Å²) in [5, 5.41) is 13.8. The van der Waals surface area contributed by atoms with Crippen molar-refractivity contribution in [3.63, 3.8) is 0 Å². The molecule has 1 aliphatic heterocycles. The van der Waals surface area contributed by atoms with E-state index in [4.69, 9.17) is 0 Å². The van der Waals surface area contributed by atoms with Gasteiger partial charge < -0.3 is 10.4 Å². The molecule has 0 saturated carbocycles. The first-order valence-electron chi connectivity index (χ1n) is 5.80. The average Bonchev–Trinajstić information content (AvgIpc) is 2.30. The predicted octanol–water partition coefficient (Wildman–Crippen LogP) is 2.03. The van der Waals surface area contributed by atoms with Gasteiger partial charge in [0, 0.05) is 12.5 Å². The lowest BCUT2D eigenvalue weighted by molar-refractivity contribution is -0.0158. The molecule has 1 fully saturated rings. The van der Waals surface area contributed by atoms with Crippen LogP contribution in [-0.4, -0.2) is 18.2 Å². The molecule has 2 unspecified atom stereocenters. The quantitative estimate of drug-likeness (QED) is 0.804. The molecular weight excluding hydrogens is 205 g/mol. The number of aliphatic hydroxyl groups is 1. The largest absolute Gasteiger partial charge is 0.385 e. The lowest BCUT2D eigenvalue weighted by Gasteiger charge is -2.36. The molecule has 0 bridgehead atoms. The van der Waals surface area contributed by atoms with Crippen molar-refractivity contribution in [3.8, 4) is 0 Å². The molecule has 2 atom stereocenters.